The minimum Gasteiger partial charge on any atom is -0.491 e. The van der Waals surface area contributed by atoms with Crippen molar-refractivity contribution in [1.29, 1.82) is 0 Å². The summed E-state index contributed by atoms with van der Waals surface area (Å²) < 4.78 is 45.6. The van der Waals surface area contributed by atoms with Crippen LogP contribution in [0.2, 0.25) is 0 Å². The Morgan fingerprint density at radius 3 is 2.55 bits per heavy atom. The van der Waals surface area contributed by atoms with Crippen molar-refractivity contribution in [3.05, 3.63) is 29.8 Å². The molecule has 0 spiro atoms. The highest BCUT2D eigenvalue weighted by Crippen LogP contribution is 2.24. The van der Waals surface area contributed by atoms with Gasteiger partial charge in [-0.2, -0.15) is 13.2 Å². The molecule has 1 rings (SSSR count). The Balaban J connectivity index is 2.43. The molecule has 1 aromatic carbocycles. The molecule has 0 aliphatic rings. The zero-order valence-electron chi connectivity index (χ0n) is 11.7. The molecular weight excluding hydrogens is 271 g/mol. The Morgan fingerprint density at radius 2 is 1.90 bits per heavy atom. The van der Waals surface area contributed by atoms with E-state index in [-0.39, 0.29) is 19.3 Å². The van der Waals surface area contributed by atoms with Crippen molar-refractivity contribution in [2.24, 2.45) is 0 Å². The summed E-state index contributed by atoms with van der Waals surface area (Å²) in [5, 5.41) is 3.26. The molecule has 1 atom stereocenters. The van der Waals surface area contributed by atoms with Crippen LogP contribution < -0.4 is 10.1 Å². The quantitative estimate of drug-likeness (QED) is 0.745. The van der Waals surface area contributed by atoms with Crippen molar-refractivity contribution in [1.82, 2.24) is 5.32 Å². The van der Waals surface area contributed by atoms with Gasteiger partial charge < -0.3 is 14.8 Å². The Labute approximate surface area is 117 Å². The second-order valence-electron chi connectivity index (χ2n) is 4.33. The van der Waals surface area contributed by atoms with Gasteiger partial charge in [-0.15, -0.1) is 0 Å². The van der Waals surface area contributed by atoms with E-state index in [4.69, 9.17) is 4.74 Å². The number of nitrogens with one attached hydrogen (secondary N) is 1. The van der Waals surface area contributed by atoms with Gasteiger partial charge in [0.15, 0.2) is 0 Å². The number of benzene rings is 1. The van der Waals surface area contributed by atoms with E-state index in [1.165, 1.54) is 0 Å². The summed E-state index contributed by atoms with van der Waals surface area (Å²) in [6.07, 6.45) is -4.29. The average molecular weight is 291 g/mol. The molecule has 1 unspecified atom stereocenters. The van der Waals surface area contributed by atoms with Crippen LogP contribution >= 0.6 is 0 Å². The normalized spacial score (nSPS) is 13.2. The zero-order valence-corrected chi connectivity index (χ0v) is 11.7. The first kappa shape index (κ1) is 16.8. The minimum atomic E-state index is -4.29. The highest BCUT2D eigenvalue weighted by Gasteiger charge is 2.27. The molecule has 0 aliphatic heterocycles. The monoisotopic (exact) mass is 291 g/mol. The number of halogens is 3. The molecule has 20 heavy (non-hydrogen) atoms. The van der Waals surface area contributed by atoms with Crippen LogP contribution in [-0.4, -0.2) is 32.5 Å². The number of alkyl halides is 3. The lowest BCUT2D eigenvalue weighted by Crippen LogP contribution is -2.20. The van der Waals surface area contributed by atoms with Crippen LogP contribution in [0.5, 0.6) is 5.75 Å². The molecule has 0 radical (unpaired) electrons. The van der Waals surface area contributed by atoms with Gasteiger partial charge >= 0.3 is 6.18 Å². The van der Waals surface area contributed by atoms with Crippen molar-refractivity contribution in [3.8, 4) is 5.75 Å². The fourth-order valence-electron chi connectivity index (χ4n) is 1.78. The Hall–Kier alpha value is -1.27. The molecule has 0 aromatic heterocycles. The Kier molecular flexibility index (Phi) is 6.81. The summed E-state index contributed by atoms with van der Waals surface area (Å²) in [6.45, 7) is 3.59. The molecule has 0 saturated heterocycles. The summed E-state index contributed by atoms with van der Waals surface area (Å²) >= 11 is 0. The highest BCUT2D eigenvalue weighted by atomic mass is 19.4. The summed E-state index contributed by atoms with van der Waals surface area (Å²) in [4.78, 5) is 0. The van der Waals surface area contributed by atoms with Gasteiger partial charge in [0.1, 0.15) is 19.0 Å². The van der Waals surface area contributed by atoms with Crippen LogP contribution in [0, 0.1) is 0 Å². The SMILES string of the molecule is CCNC(C)c1ccccc1OCCOCC(F)(F)F. The number of rotatable bonds is 8. The molecule has 1 aromatic rings. The third-order valence-electron chi connectivity index (χ3n) is 2.65. The molecule has 0 fully saturated rings. The fourth-order valence-corrected chi connectivity index (χ4v) is 1.78. The molecule has 0 amide bonds. The lowest BCUT2D eigenvalue weighted by atomic mass is 10.1. The number of hydrogen-bond acceptors (Lipinski definition) is 3. The summed E-state index contributed by atoms with van der Waals surface area (Å²) in [5.74, 6) is 0.663. The van der Waals surface area contributed by atoms with Gasteiger partial charge in [0.25, 0.3) is 0 Å². The van der Waals surface area contributed by atoms with Crippen molar-refractivity contribution >= 4 is 0 Å². The molecule has 0 heterocycles. The van der Waals surface area contributed by atoms with E-state index in [1.807, 2.05) is 32.0 Å². The molecule has 3 nitrogen and oxygen atoms in total. The van der Waals surface area contributed by atoms with Crippen LogP contribution in [0.15, 0.2) is 24.3 Å². The maximum absolute atomic E-state index is 11.9. The first-order valence-corrected chi connectivity index (χ1v) is 6.53. The molecule has 1 N–H and O–H groups in total. The van der Waals surface area contributed by atoms with Crippen molar-refractivity contribution in [2.45, 2.75) is 26.1 Å². The first-order chi connectivity index (χ1) is 9.44. The standard InChI is InChI=1S/C14H20F3NO2/c1-3-18-11(2)12-6-4-5-7-13(12)20-9-8-19-10-14(15,16)17/h4-7,11,18H,3,8-10H2,1-2H3. The van der Waals surface area contributed by atoms with Gasteiger partial charge in [0, 0.05) is 11.6 Å². The second-order valence-corrected chi connectivity index (χ2v) is 4.33. The van der Waals surface area contributed by atoms with E-state index in [0.717, 1.165) is 12.1 Å². The number of ether oxygens (including phenoxy) is 2. The third kappa shape index (κ3) is 6.25. The largest absolute Gasteiger partial charge is 0.491 e. The molecule has 0 aliphatic carbocycles. The van der Waals surface area contributed by atoms with Gasteiger partial charge in [-0.3, -0.25) is 0 Å². The second kappa shape index (κ2) is 8.11. The van der Waals surface area contributed by atoms with Gasteiger partial charge in [-0.1, -0.05) is 25.1 Å². The highest BCUT2D eigenvalue weighted by molar-refractivity contribution is 5.35. The summed E-state index contributed by atoms with van der Waals surface area (Å²) in [7, 11) is 0. The van der Waals surface area contributed by atoms with Gasteiger partial charge in [-0.25, -0.2) is 0 Å². The van der Waals surface area contributed by atoms with E-state index in [2.05, 4.69) is 10.1 Å². The molecule has 0 saturated carbocycles. The molecular formula is C14H20F3NO2. The predicted molar refractivity (Wildman–Crippen MR) is 70.9 cm³/mol. The maximum Gasteiger partial charge on any atom is 0.411 e. The maximum atomic E-state index is 11.9. The average Bonchev–Trinajstić information content (AvgIpc) is 2.38. The number of hydrogen-bond donors (Lipinski definition) is 1. The van der Waals surface area contributed by atoms with E-state index in [0.29, 0.717) is 5.75 Å². The van der Waals surface area contributed by atoms with E-state index in [1.54, 1.807) is 6.07 Å². The number of para-hydroxylation sites is 1. The van der Waals surface area contributed by atoms with Crippen LogP contribution in [0.1, 0.15) is 25.5 Å². The third-order valence-corrected chi connectivity index (χ3v) is 2.65. The Bertz CT molecular complexity index is 396. The van der Waals surface area contributed by atoms with Crippen molar-refractivity contribution in [2.75, 3.05) is 26.4 Å². The van der Waals surface area contributed by atoms with E-state index in [9.17, 15) is 13.2 Å². The predicted octanol–water partition coefficient (Wildman–Crippen LogP) is 3.31. The minimum absolute atomic E-state index is 0.0892. The van der Waals surface area contributed by atoms with Crippen molar-refractivity contribution < 1.29 is 22.6 Å². The van der Waals surface area contributed by atoms with Crippen LogP contribution in [0.4, 0.5) is 13.2 Å². The first-order valence-electron chi connectivity index (χ1n) is 6.53. The molecule has 114 valence electrons. The lowest BCUT2D eigenvalue weighted by Gasteiger charge is -2.17. The van der Waals surface area contributed by atoms with Crippen molar-refractivity contribution in [3.63, 3.8) is 0 Å². The van der Waals surface area contributed by atoms with Gasteiger partial charge in [0.2, 0.25) is 0 Å². The van der Waals surface area contributed by atoms with Gasteiger partial charge in [-0.05, 0) is 19.5 Å². The lowest BCUT2D eigenvalue weighted by molar-refractivity contribution is -0.175. The zero-order chi connectivity index (χ0) is 15.0. The van der Waals surface area contributed by atoms with Crippen LogP contribution in [0.3, 0.4) is 0 Å². The van der Waals surface area contributed by atoms with Crippen LogP contribution in [0.25, 0.3) is 0 Å². The summed E-state index contributed by atoms with van der Waals surface area (Å²) in [5.41, 5.74) is 0.977. The summed E-state index contributed by atoms with van der Waals surface area (Å²) in [6, 6.07) is 7.57. The smallest absolute Gasteiger partial charge is 0.411 e. The molecule has 0 bridgehead atoms. The Morgan fingerprint density at radius 1 is 1.20 bits per heavy atom. The van der Waals surface area contributed by atoms with Crippen LogP contribution in [-0.2, 0) is 4.74 Å². The van der Waals surface area contributed by atoms with E-state index >= 15 is 0 Å². The van der Waals surface area contributed by atoms with E-state index < -0.39 is 12.8 Å². The topological polar surface area (TPSA) is 30.5 Å². The molecule has 6 heteroatoms. The van der Waals surface area contributed by atoms with Gasteiger partial charge in [0.05, 0.1) is 6.61 Å². The fraction of sp³-hybridized carbons (Fsp3) is 0.571.